The van der Waals surface area contributed by atoms with Crippen LogP contribution < -0.4 is 10.2 Å². The van der Waals surface area contributed by atoms with Gasteiger partial charge in [-0.25, -0.2) is 4.79 Å². The first-order valence-corrected chi connectivity index (χ1v) is 6.69. The first kappa shape index (κ1) is 16.3. The molecule has 1 aromatic carbocycles. The van der Waals surface area contributed by atoms with E-state index in [0.29, 0.717) is 23.2 Å². The molecule has 0 aromatic heterocycles. The molecule has 5 nitrogen and oxygen atoms in total. The summed E-state index contributed by atoms with van der Waals surface area (Å²) >= 11 is 5.88. The fourth-order valence-corrected chi connectivity index (χ4v) is 1.84. The van der Waals surface area contributed by atoms with Crippen molar-refractivity contribution in [2.45, 2.75) is 13.8 Å². The normalized spacial score (nSPS) is 10.4. The van der Waals surface area contributed by atoms with E-state index >= 15 is 0 Å². The fourth-order valence-electron chi connectivity index (χ4n) is 1.68. The highest BCUT2D eigenvalue weighted by atomic mass is 35.5. The smallest absolute Gasteiger partial charge is 0.337 e. The summed E-state index contributed by atoms with van der Waals surface area (Å²) in [6, 6.07) is 4.49. The van der Waals surface area contributed by atoms with Crippen molar-refractivity contribution in [3.05, 3.63) is 28.8 Å². The molecule has 110 valence electrons. The van der Waals surface area contributed by atoms with Crippen molar-refractivity contribution >= 4 is 29.2 Å². The molecule has 0 atom stereocenters. The summed E-state index contributed by atoms with van der Waals surface area (Å²) in [5.41, 5.74) is 0.540. The molecule has 0 saturated heterocycles. The van der Waals surface area contributed by atoms with Gasteiger partial charge in [0.05, 0.1) is 17.8 Å². The van der Waals surface area contributed by atoms with Gasteiger partial charge < -0.3 is 15.3 Å². The van der Waals surface area contributed by atoms with Crippen molar-refractivity contribution in [3.63, 3.8) is 0 Å². The van der Waals surface area contributed by atoms with E-state index < -0.39 is 5.97 Å². The Balaban J connectivity index is 2.81. The van der Waals surface area contributed by atoms with Crippen LogP contribution in [0.1, 0.15) is 24.2 Å². The summed E-state index contributed by atoms with van der Waals surface area (Å²) in [6.45, 7) is 4.67. The van der Waals surface area contributed by atoms with E-state index in [-0.39, 0.29) is 18.0 Å². The average molecular weight is 299 g/mol. The van der Waals surface area contributed by atoms with E-state index in [1.807, 2.05) is 13.8 Å². The summed E-state index contributed by atoms with van der Waals surface area (Å²) in [7, 11) is 1.66. The Kier molecular flexibility index (Phi) is 5.82. The monoisotopic (exact) mass is 298 g/mol. The largest absolute Gasteiger partial charge is 0.478 e. The molecule has 0 spiro atoms. The van der Waals surface area contributed by atoms with Crippen LogP contribution in [0.15, 0.2) is 18.2 Å². The maximum absolute atomic E-state index is 11.8. The number of carbonyl (C=O) groups excluding carboxylic acids is 1. The van der Waals surface area contributed by atoms with Crippen LogP contribution in [-0.4, -0.2) is 37.1 Å². The molecule has 2 N–H and O–H groups in total. The summed E-state index contributed by atoms with van der Waals surface area (Å²) in [6.07, 6.45) is 0. The summed E-state index contributed by atoms with van der Waals surface area (Å²) in [4.78, 5) is 24.5. The molecular weight excluding hydrogens is 280 g/mol. The van der Waals surface area contributed by atoms with Gasteiger partial charge in [-0.2, -0.15) is 0 Å². The zero-order valence-corrected chi connectivity index (χ0v) is 12.6. The van der Waals surface area contributed by atoms with Gasteiger partial charge >= 0.3 is 5.97 Å². The highest BCUT2D eigenvalue weighted by Gasteiger charge is 2.16. The number of aromatic carboxylic acids is 1. The number of nitrogens with zero attached hydrogens (tertiary/aromatic N) is 1. The van der Waals surface area contributed by atoms with Crippen LogP contribution in [0.25, 0.3) is 0 Å². The highest BCUT2D eigenvalue weighted by Crippen LogP contribution is 2.24. The minimum absolute atomic E-state index is 0.0767. The zero-order chi connectivity index (χ0) is 15.3. The van der Waals surface area contributed by atoms with E-state index in [9.17, 15) is 9.59 Å². The third kappa shape index (κ3) is 4.74. The van der Waals surface area contributed by atoms with Crippen molar-refractivity contribution in [3.8, 4) is 0 Å². The van der Waals surface area contributed by atoms with Crippen LogP contribution in [-0.2, 0) is 4.79 Å². The number of carboxylic acids is 1. The highest BCUT2D eigenvalue weighted by molar-refractivity contribution is 6.31. The van der Waals surface area contributed by atoms with Gasteiger partial charge in [0.25, 0.3) is 0 Å². The number of carboxylic acid groups (broad SMARTS) is 1. The van der Waals surface area contributed by atoms with Crippen LogP contribution >= 0.6 is 11.6 Å². The predicted octanol–water partition coefficient (Wildman–Crippen LogP) is 2.25. The number of halogens is 1. The Labute approximate surface area is 123 Å². The Morgan fingerprint density at radius 3 is 2.60 bits per heavy atom. The van der Waals surface area contributed by atoms with Gasteiger partial charge in [-0.15, -0.1) is 0 Å². The zero-order valence-electron chi connectivity index (χ0n) is 11.8. The second kappa shape index (κ2) is 7.14. The van der Waals surface area contributed by atoms with E-state index in [1.165, 1.54) is 12.1 Å². The number of hydrogen-bond donors (Lipinski definition) is 2. The maximum atomic E-state index is 11.8. The molecule has 0 aliphatic heterocycles. The number of rotatable bonds is 6. The van der Waals surface area contributed by atoms with Crippen molar-refractivity contribution in [1.29, 1.82) is 0 Å². The lowest BCUT2D eigenvalue weighted by atomic mass is 10.1. The number of anilines is 1. The first-order chi connectivity index (χ1) is 9.31. The molecule has 0 aliphatic carbocycles. The maximum Gasteiger partial charge on any atom is 0.337 e. The van der Waals surface area contributed by atoms with Crippen molar-refractivity contribution < 1.29 is 14.7 Å². The van der Waals surface area contributed by atoms with Crippen LogP contribution in [0.4, 0.5) is 5.69 Å². The molecule has 1 rings (SSSR count). The molecular formula is C14H19ClN2O3. The van der Waals surface area contributed by atoms with Crippen molar-refractivity contribution in [1.82, 2.24) is 5.32 Å². The molecule has 0 saturated carbocycles. The third-order valence-corrected chi connectivity index (χ3v) is 2.92. The van der Waals surface area contributed by atoms with Crippen LogP contribution in [0.2, 0.25) is 5.02 Å². The lowest BCUT2D eigenvalue weighted by Crippen LogP contribution is -2.37. The van der Waals surface area contributed by atoms with Gasteiger partial charge in [0.2, 0.25) is 5.91 Å². The Bertz CT molecular complexity index is 503. The number of carbonyl (C=O) groups is 2. The van der Waals surface area contributed by atoms with E-state index in [2.05, 4.69) is 5.32 Å². The molecule has 0 bridgehead atoms. The van der Waals surface area contributed by atoms with Gasteiger partial charge in [0.15, 0.2) is 0 Å². The molecule has 0 unspecified atom stereocenters. The van der Waals surface area contributed by atoms with Crippen LogP contribution in [0, 0.1) is 5.92 Å². The minimum atomic E-state index is -1.05. The quantitative estimate of drug-likeness (QED) is 0.845. The second-order valence-electron chi connectivity index (χ2n) is 5.02. The minimum Gasteiger partial charge on any atom is -0.478 e. The number of benzene rings is 1. The molecule has 0 fully saturated rings. The average Bonchev–Trinajstić information content (AvgIpc) is 2.35. The van der Waals surface area contributed by atoms with Gasteiger partial charge in [-0.05, 0) is 24.1 Å². The molecule has 0 radical (unpaired) electrons. The fraction of sp³-hybridized carbons (Fsp3) is 0.429. The molecule has 1 amide bonds. The number of amides is 1. The van der Waals surface area contributed by atoms with Crippen molar-refractivity contribution in [2.75, 3.05) is 25.0 Å². The summed E-state index contributed by atoms with van der Waals surface area (Å²) < 4.78 is 0. The third-order valence-electron chi connectivity index (χ3n) is 2.69. The van der Waals surface area contributed by atoms with E-state index in [1.54, 1.807) is 18.0 Å². The molecule has 0 aliphatic rings. The Morgan fingerprint density at radius 1 is 1.40 bits per heavy atom. The lowest BCUT2D eigenvalue weighted by Gasteiger charge is -2.21. The number of nitrogens with one attached hydrogen (secondary N) is 1. The molecule has 1 aromatic rings. The molecule has 20 heavy (non-hydrogen) atoms. The SMILES string of the molecule is CC(C)CNC(=O)CN(C)c1cc(Cl)ccc1C(=O)O. The number of likely N-dealkylation sites (N-methyl/N-ethyl adjacent to an activating group) is 1. The van der Waals surface area contributed by atoms with Gasteiger partial charge in [-0.3, -0.25) is 4.79 Å². The topological polar surface area (TPSA) is 69.6 Å². The Hall–Kier alpha value is -1.75. The lowest BCUT2D eigenvalue weighted by molar-refractivity contribution is -0.119. The standard InChI is InChI=1S/C14H19ClN2O3/c1-9(2)7-16-13(18)8-17(3)12-6-10(15)4-5-11(12)14(19)20/h4-6,9H,7-8H2,1-3H3,(H,16,18)(H,19,20). The second-order valence-corrected chi connectivity index (χ2v) is 5.46. The van der Waals surface area contributed by atoms with E-state index in [0.717, 1.165) is 0 Å². The first-order valence-electron chi connectivity index (χ1n) is 6.32. The van der Waals surface area contributed by atoms with Gasteiger partial charge in [-0.1, -0.05) is 25.4 Å². The van der Waals surface area contributed by atoms with Crippen LogP contribution in [0.3, 0.4) is 0 Å². The summed E-state index contributed by atoms with van der Waals surface area (Å²) in [5.74, 6) is -0.839. The Morgan fingerprint density at radius 2 is 2.05 bits per heavy atom. The molecule has 6 heteroatoms. The number of hydrogen-bond acceptors (Lipinski definition) is 3. The van der Waals surface area contributed by atoms with E-state index in [4.69, 9.17) is 16.7 Å². The van der Waals surface area contributed by atoms with Crippen LogP contribution in [0.5, 0.6) is 0 Å². The van der Waals surface area contributed by atoms with Crippen molar-refractivity contribution in [2.24, 2.45) is 5.92 Å². The summed E-state index contributed by atoms with van der Waals surface area (Å²) in [5, 5.41) is 12.4. The molecule has 0 heterocycles. The van der Waals surface area contributed by atoms with Gasteiger partial charge in [0, 0.05) is 18.6 Å². The van der Waals surface area contributed by atoms with Gasteiger partial charge in [0.1, 0.15) is 0 Å². The predicted molar refractivity (Wildman–Crippen MR) is 79.5 cm³/mol.